The molecule has 0 aliphatic carbocycles. The largest absolute Gasteiger partial charge is 0.416 e. The molecule has 4 aromatic rings. The van der Waals surface area contributed by atoms with Crippen molar-refractivity contribution in [2.24, 2.45) is 5.73 Å². The normalized spacial score (nSPS) is 12.4. The molecular weight excluding hydrogens is 425 g/mol. The lowest BCUT2D eigenvalue weighted by molar-refractivity contribution is -0.137. The number of hydrogen-bond acceptors (Lipinski definition) is 4. The van der Waals surface area contributed by atoms with Gasteiger partial charge < -0.3 is 11.1 Å². The second kappa shape index (κ2) is 9.83. The number of nitrogens with two attached hydrogens (primary N) is 1. The lowest BCUT2D eigenvalue weighted by atomic mass is 9.98. The molecule has 0 bridgehead atoms. The van der Waals surface area contributed by atoms with E-state index < -0.39 is 11.7 Å². The highest BCUT2D eigenvalue weighted by molar-refractivity contribution is 5.82. The van der Waals surface area contributed by atoms with Crippen LogP contribution in [-0.2, 0) is 12.6 Å². The van der Waals surface area contributed by atoms with E-state index in [-0.39, 0.29) is 6.04 Å². The van der Waals surface area contributed by atoms with Crippen molar-refractivity contribution in [1.29, 1.82) is 0 Å². The molecule has 1 unspecified atom stereocenters. The molecule has 0 fully saturated rings. The van der Waals surface area contributed by atoms with Crippen LogP contribution in [0.5, 0.6) is 0 Å². The Morgan fingerprint density at radius 3 is 2.33 bits per heavy atom. The zero-order valence-electron chi connectivity index (χ0n) is 17.8. The summed E-state index contributed by atoms with van der Waals surface area (Å²) in [5, 5.41) is 3.26. The average molecular weight is 448 g/mol. The van der Waals surface area contributed by atoms with E-state index in [0.717, 1.165) is 23.3 Å². The predicted octanol–water partition coefficient (Wildman–Crippen LogP) is 5.81. The molecule has 0 amide bonds. The third-order valence-electron chi connectivity index (χ3n) is 5.24. The first kappa shape index (κ1) is 22.5. The number of hydrogen-bond donors (Lipinski definition) is 2. The quantitative estimate of drug-likeness (QED) is 0.374. The Bertz CT molecular complexity index is 1200. The third kappa shape index (κ3) is 5.75. The molecule has 2 aromatic heterocycles. The van der Waals surface area contributed by atoms with E-state index in [1.807, 2.05) is 30.3 Å². The summed E-state index contributed by atoms with van der Waals surface area (Å²) in [4.78, 5) is 8.75. The van der Waals surface area contributed by atoms with Crippen LogP contribution in [0.1, 0.15) is 11.1 Å². The second-order valence-electron chi connectivity index (χ2n) is 7.74. The van der Waals surface area contributed by atoms with Gasteiger partial charge in [-0.3, -0.25) is 4.98 Å². The van der Waals surface area contributed by atoms with Gasteiger partial charge in [0.1, 0.15) is 5.82 Å². The van der Waals surface area contributed by atoms with E-state index in [4.69, 9.17) is 10.7 Å². The zero-order valence-corrected chi connectivity index (χ0v) is 17.8. The fourth-order valence-electron chi connectivity index (χ4n) is 3.61. The number of benzene rings is 2. The molecule has 0 radical (unpaired) electrons. The molecule has 1 atom stereocenters. The molecule has 4 rings (SSSR count). The lowest BCUT2D eigenvalue weighted by Crippen LogP contribution is -2.31. The molecule has 0 saturated heterocycles. The number of aromatic nitrogens is 2. The van der Waals surface area contributed by atoms with Crippen molar-refractivity contribution in [3.63, 3.8) is 0 Å². The Balaban J connectivity index is 1.61. The van der Waals surface area contributed by atoms with Crippen molar-refractivity contribution in [1.82, 2.24) is 9.97 Å². The smallest absolute Gasteiger partial charge is 0.368 e. The molecular formula is C26H23F3N4. The van der Waals surface area contributed by atoms with Crippen LogP contribution < -0.4 is 11.1 Å². The van der Waals surface area contributed by atoms with Crippen LogP contribution in [0.2, 0.25) is 0 Å². The molecule has 0 spiro atoms. The van der Waals surface area contributed by atoms with Gasteiger partial charge in [0.25, 0.3) is 0 Å². The van der Waals surface area contributed by atoms with Gasteiger partial charge in [-0.05, 0) is 53.9 Å². The van der Waals surface area contributed by atoms with Gasteiger partial charge in [-0.2, -0.15) is 13.2 Å². The van der Waals surface area contributed by atoms with E-state index in [0.29, 0.717) is 35.6 Å². The van der Waals surface area contributed by atoms with Crippen molar-refractivity contribution in [3.05, 3.63) is 102 Å². The topological polar surface area (TPSA) is 63.8 Å². The minimum Gasteiger partial charge on any atom is -0.368 e. The Labute approximate surface area is 190 Å². The molecule has 0 aliphatic rings. The molecule has 2 heterocycles. The Morgan fingerprint density at radius 1 is 0.848 bits per heavy atom. The Hall–Kier alpha value is -3.71. The minimum absolute atomic E-state index is 0.123. The number of nitrogens with zero attached hydrogens (tertiary/aromatic N) is 2. The monoisotopic (exact) mass is 448 g/mol. The maximum absolute atomic E-state index is 13.3. The van der Waals surface area contributed by atoms with Crippen LogP contribution in [-0.4, -0.2) is 22.6 Å². The predicted molar refractivity (Wildman–Crippen MR) is 125 cm³/mol. The van der Waals surface area contributed by atoms with Gasteiger partial charge in [0.15, 0.2) is 0 Å². The number of anilines is 1. The van der Waals surface area contributed by atoms with Crippen molar-refractivity contribution < 1.29 is 13.2 Å². The summed E-state index contributed by atoms with van der Waals surface area (Å²) in [7, 11) is 0. The first-order valence-electron chi connectivity index (χ1n) is 10.5. The molecule has 4 nitrogen and oxygen atoms in total. The fourth-order valence-corrected chi connectivity index (χ4v) is 3.61. The third-order valence-corrected chi connectivity index (χ3v) is 5.24. The maximum atomic E-state index is 13.3. The van der Waals surface area contributed by atoms with E-state index in [2.05, 4.69) is 10.3 Å². The summed E-state index contributed by atoms with van der Waals surface area (Å²) in [6.07, 6.45) is -0.449. The van der Waals surface area contributed by atoms with Crippen molar-refractivity contribution in [2.45, 2.75) is 18.6 Å². The number of alkyl halides is 3. The van der Waals surface area contributed by atoms with E-state index in [1.54, 1.807) is 42.7 Å². The molecule has 7 heteroatoms. The molecule has 3 N–H and O–H groups in total. The van der Waals surface area contributed by atoms with Gasteiger partial charge >= 0.3 is 6.18 Å². The summed E-state index contributed by atoms with van der Waals surface area (Å²) in [6.45, 7) is 0.501. The molecule has 0 aliphatic heterocycles. The number of nitrogens with one attached hydrogen (secondary N) is 1. The van der Waals surface area contributed by atoms with E-state index in [9.17, 15) is 13.2 Å². The molecule has 2 aromatic carbocycles. The highest BCUT2D eigenvalue weighted by atomic mass is 19.4. The highest BCUT2D eigenvalue weighted by Crippen LogP contribution is 2.36. The van der Waals surface area contributed by atoms with Gasteiger partial charge in [0.2, 0.25) is 0 Å². The molecule has 168 valence electrons. The summed E-state index contributed by atoms with van der Waals surface area (Å²) in [5.41, 5.74) is 9.10. The zero-order chi connectivity index (χ0) is 23.3. The van der Waals surface area contributed by atoms with Crippen molar-refractivity contribution >= 4 is 5.82 Å². The van der Waals surface area contributed by atoms with Crippen molar-refractivity contribution in [3.8, 4) is 22.4 Å². The lowest BCUT2D eigenvalue weighted by Gasteiger charge is -2.16. The summed E-state index contributed by atoms with van der Waals surface area (Å²) < 4.78 is 39.8. The van der Waals surface area contributed by atoms with Gasteiger partial charge in [-0.1, -0.05) is 42.5 Å². The van der Waals surface area contributed by atoms with Crippen LogP contribution in [0.4, 0.5) is 19.0 Å². The summed E-state index contributed by atoms with van der Waals surface area (Å²) in [6, 6.07) is 22.2. The van der Waals surface area contributed by atoms with Crippen LogP contribution in [0.15, 0.2) is 91.3 Å². The number of rotatable bonds is 7. The van der Waals surface area contributed by atoms with Gasteiger partial charge in [0.05, 0.1) is 11.3 Å². The van der Waals surface area contributed by atoms with Crippen LogP contribution in [0.25, 0.3) is 22.4 Å². The standard InChI is InChI=1S/C26H23F3N4/c27-26(28,29)21-8-4-7-20(16-21)23-9-10-24(33-25(23)19-11-13-31-14-12-19)32-17-22(30)15-18-5-2-1-3-6-18/h1-14,16,22H,15,17,30H2,(H,32,33). The van der Waals surface area contributed by atoms with Gasteiger partial charge in [-0.25, -0.2) is 4.98 Å². The Morgan fingerprint density at radius 2 is 1.61 bits per heavy atom. The van der Waals surface area contributed by atoms with E-state index >= 15 is 0 Å². The molecule has 33 heavy (non-hydrogen) atoms. The summed E-state index contributed by atoms with van der Waals surface area (Å²) >= 11 is 0. The van der Waals surface area contributed by atoms with Crippen LogP contribution >= 0.6 is 0 Å². The maximum Gasteiger partial charge on any atom is 0.416 e. The first-order chi connectivity index (χ1) is 15.9. The van der Waals surface area contributed by atoms with Gasteiger partial charge in [0, 0.05) is 36.1 Å². The van der Waals surface area contributed by atoms with Crippen LogP contribution in [0, 0.1) is 0 Å². The van der Waals surface area contributed by atoms with Crippen LogP contribution in [0.3, 0.4) is 0 Å². The first-order valence-corrected chi connectivity index (χ1v) is 10.5. The Kier molecular flexibility index (Phi) is 6.70. The van der Waals surface area contributed by atoms with E-state index in [1.165, 1.54) is 6.07 Å². The van der Waals surface area contributed by atoms with Crippen molar-refractivity contribution in [2.75, 3.05) is 11.9 Å². The molecule has 0 saturated carbocycles. The minimum atomic E-state index is -4.42. The SMILES string of the molecule is NC(CNc1ccc(-c2cccc(C(F)(F)F)c2)c(-c2ccncc2)n1)Cc1ccccc1. The number of pyridine rings is 2. The highest BCUT2D eigenvalue weighted by Gasteiger charge is 2.30. The number of halogens is 3. The average Bonchev–Trinajstić information content (AvgIpc) is 2.83. The fraction of sp³-hybridized carbons (Fsp3) is 0.154. The van der Waals surface area contributed by atoms with Gasteiger partial charge in [-0.15, -0.1) is 0 Å². The second-order valence-corrected chi connectivity index (χ2v) is 7.74. The summed E-state index contributed by atoms with van der Waals surface area (Å²) in [5.74, 6) is 0.598.